The van der Waals surface area contributed by atoms with Gasteiger partial charge in [0.25, 0.3) is 0 Å². The maximum Gasteiger partial charge on any atom is 0.0695 e. The van der Waals surface area contributed by atoms with Gasteiger partial charge < -0.3 is 10.2 Å². The van der Waals surface area contributed by atoms with Crippen LogP contribution < -0.4 is 0 Å². The predicted octanol–water partition coefficient (Wildman–Crippen LogP) is 1.28. The zero-order valence-electron chi connectivity index (χ0n) is 9.89. The van der Waals surface area contributed by atoms with Crippen LogP contribution in [-0.4, -0.2) is 45.4 Å². The van der Waals surface area contributed by atoms with Gasteiger partial charge in [-0.1, -0.05) is 12.8 Å². The fourth-order valence-electron chi connectivity index (χ4n) is 4.17. The molecular formula is C13H23NO2. The van der Waals surface area contributed by atoms with Crippen molar-refractivity contribution in [1.29, 1.82) is 0 Å². The third-order valence-corrected chi connectivity index (χ3v) is 4.84. The number of rotatable bonds is 1. The SMILES string of the molecule is OC1CC2CCC(C1)N2[C@@H]1CCCC[C@H]1O. The lowest BCUT2D eigenvalue weighted by Gasteiger charge is -2.45. The van der Waals surface area contributed by atoms with Crippen molar-refractivity contribution < 1.29 is 10.2 Å². The van der Waals surface area contributed by atoms with Crippen molar-refractivity contribution in [2.45, 2.75) is 81.7 Å². The third-order valence-electron chi connectivity index (χ3n) is 4.84. The molecule has 1 aliphatic carbocycles. The van der Waals surface area contributed by atoms with Crippen molar-refractivity contribution in [1.82, 2.24) is 4.90 Å². The van der Waals surface area contributed by atoms with Crippen LogP contribution in [0.15, 0.2) is 0 Å². The summed E-state index contributed by atoms with van der Waals surface area (Å²) in [5.41, 5.74) is 0. The first kappa shape index (κ1) is 11.0. The quantitative estimate of drug-likeness (QED) is 0.706. The minimum Gasteiger partial charge on any atom is -0.393 e. The lowest BCUT2D eigenvalue weighted by molar-refractivity contribution is -0.0469. The summed E-state index contributed by atoms with van der Waals surface area (Å²) >= 11 is 0. The lowest BCUT2D eigenvalue weighted by Crippen LogP contribution is -2.55. The summed E-state index contributed by atoms with van der Waals surface area (Å²) in [5.74, 6) is 0. The molecule has 16 heavy (non-hydrogen) atoms. The van der Waals surface area contributed by atoms with Gasteiger partial charge in [-0.3, -0.25) is 4.90 Å². The Morgan fingerprint density at radius 1 is 0.812 bits per heavy atom. The van der Waals surface area contributed by atoms with Crippen molar-refractivity contribution in [3.05, 3.63) is 0 Å². The second kappa shape index (κ2) is 4.28. The van der Waals surface area contributed by atoms with Gasteiger partial charge in [0.2, 0.25) is 0 Å². The van der Waals surface area contributed by atoms with E-state index in [1.165, 1.54) is 25.7 Å². The third kappa shape index (κ3) is 1.79. The van der Waals surface area contributed by atoms with E-state index >= 15 is 0 Å². The zero-order valence-corrected chi connectivity index (χ0v) is 9.89. The predicted molar refractivity (Wildman–Crippen MR) is 62.2 cm³/mol. The maximum atomic E-state index is 10.1. The van der Waals surface area contributed by atoms with Crippen molar-refractivity contribution in [3.8, 4) is 0 Å². The van der Waals surface area contributed by atoms with Crippen LogP contribution in [0.4, 0.5) is 0 Å². The highest BCUT2D eigenvalue weighted by atomic mass is 16.3. The summed E-state index contributed by atoms with van der Waals surface area (Å²) in [6, 6.07) is 1.48. The van der Waals surface area contributed by atoms with Gasteiger partial charge in [-0.05, 0) is 38.5 Å². The molecule has 2 saturated heterocycles. The molecule has 0 amide bonds. The zero-order chi connectivity index (χ0) is 11.1. The highest BCUT2D eigenvalue weighted by molar-refractivity contribution is 5.00. The van der Waals surface area contributed by atoms with E-state index in [9.17, 15) is 10.2 Å². The van der Waals surface area contributed by atoms with Gasteiger partial charge in [-0.25, -0.2) is 0 Å². The van der Waals surface area contributed by atoms with E-state index in [2.05, 4.69) is 4.90 Å². The van der Waals surface area contributed by atoms with Gasteiger partial charge in [-0.2, -0.15) is 0 Å². The molecule has 0 aromatic rings. The van der Waals surface area contributed by atoms with E-state index in [-0.39, 0.29) is 12.2 Å². The summed E-state index contributed by atoms with van der Waals surface area (Å²) in [6.45, 7) is 0. The van der Waals surface area contributed by atoms with E-state index < -0.39 is 0 Å². The molecule has 2 aliphatic heterocycles. The molecule has 92 valence electrons. The average molecular weight is 225 g/mol. The number of aliphatic hydroxyl groups excluding tert-OH is 2. The Hall–Kier alpha value is -0.120. The Bertz CT molecular complexity index is 244. The lowest BCUT2D eigenvalue weighted by atomic mass is 9.87. The summed E-state index contributed by atoms with van der Waals surface area (Å²) < 4.78 is 0. The topological polar surface area (TPSA) is 43.7 Å². The standard InChI is InChI=1S/C13H23NO2/c15-11-7-9-5-6-10(8-11)14(9)12-3-1-2-4-13(12)16/h9-13,15-16H,1-8H2/t9?,10?,11?,12-,13-/m1/s1. The summed E-state index contributed by atoms with van der Waals surface area (Å²) in [4.78, 5) is 2.57. The summed E-state index contributed by atoms with van der Waals surface area (Å²) in [5, 5.41) is 19.9. The minimum absolute atomic E-state index is 0.0884. The number of hydrogen-bond donors (Lipinski definition) is 2. The molecule has 3 rings (SSSR count). The van der Waals surface area contributed by atoms with Crippen LogP contribution in [-0.2, 0) is 0 Å². The number of aliphatic hydroxyl groups is 2. The Morgan fingerprint density at radius 2 is 1.44 bits per heavy atom. The van der Waals surface area contributed by atoms with Crippen molar-refractivity contribution in [2.75, 3.05) is 0 Å². The minimum atomic E-state index is -0.118. The molecule has 2 unspecified atom stereocenters. The molecule has 1 saturated carbocycles. The average Bonchev–Trinajstić information content (AvgIpc) is 2.53. The fourth-order valence-corrected chi connectivity index (χ4v) is 4.17. The van der Waals surface area contributed by atoms with Crippen molar-refractivity contribution >= 4 is 0 Å². The van der Waals surface area contributed by atoms with E-state index in [4.69, 9.17) is 0 Å². The maximum absolute atomic E-state index is 10.1. The van der Waals surface area contributed by atoms with E-state index in [1.54, 1.807) is 0 Å². The van der Waals surface area contributed by atoms with Crippen LogP contribution in [0.25, 0.3) is 0 Å². The van der Waals surface area contributed by atoms with Crippen LogP contribution in [0.2, 0.25) is 0 Å². The molecule has 0 spiro atoms. The van der Waals surface area contributed by atoms with Gasteiger partial charge in [0.1, 0.15) is 0 Å². The highest BCUT2D eigenvalue weighted by Gasteiger charge is 2.45. The van der Waals surface area contributed by atoms with Gasteiger partial charge in [0.15, 0.2) is 0 Å². The molecule has 0 aromatic carbocycles. The molecular weight excluding hydrogens is 202 g/mol. The molecule has 2 N–H and O–H groups in total. The van der Waals surface area contributed by atoms with Crippen LogP contribution in [0.5, 0.6) is 0 Å². The Kier molecular flexibility index (Phi) is 2.94. The molecule has 3 aliphatic rings. The summed E-state index contributed by atoms with van der Waals surface area (Å²) in [7, 11) is 0. The molecule has 2 heterocycles. The second-order valence-electron chi connectivity index (χ2n) is 5.88. The molecule has 2 bridgehead atoms. The normalized spacial score (nSPS) is 49.5. The van der Waals surface area contributed by atoms with Crippen LogP contribution >= 0.6 is 0 Å². The van der Waals surface area contributed by atoms with Crippen molar-refractivity contribution in [3.63, 3.8) is 0 Å². The number of fused-ring (bicyclic) bond motifs is 2. The molecule has 0 radical (unpaired) electrons. The Balaban J connectivity index is 1.74. The van der Waals surface area contributed by atoms with Gasteiger partial charge in [0, 0.05) is 18.1 Å². The Labute approximate surface area is 97.4 Å². The number of nitrogens with zero attached hydrogens (tertiary/aromatic N) is 1. The molecule has 0 aromatic heterocycles. The van der Waals surface area contributed by atoms with Crippen molar-refractivity contribution in [2.24, 2.45) is 0 Å². The molecule has 4 atom stereocenters. The van der Waals surface area contributed by atoms with Gasteiger partial charge in [-0.15, -0.1) is 0 Å². The van der Waals surface area contributed by atoms with Gasteiger partial charge >= 0.3 is 0 Å². The number of hydrogen-bond acceptors (Lipinski definition) is 3. The number of piperidine rings is 1. The second-order valence-corrected chi connectivity index (χ2v) is 5.88. The summed E-state index contributed by atoms with van der Waals surface area (Å²) in [6.07, 6.45) is 8.69. The van der Waals surface area contributed by atoms with Gasteiger partial charge in [0.05, 0.1) is 12.2 Å². The van der Waals surface area contributed by atoms with E-state index in [1.807, 2.05) is 0 Å². The Morgan fingerprint density at radius 3 is 2.06 bits per heavy atom. The first-order valence-corrected chi connectivity index (χ1v) is 6.89. The van der Waals surface area contributed by atoms with Crippen LogP contribution in [0.1, 0.15) is 51.4 Å². The molecule has 3 fully saturated rings. The fraction of sp³-hybridized carbons (Fsp3) is 1.00. The first-order valence-electron chi connectivity index (χ1n) is 6.89. The monoisotopic (exact) mass is 225 g/mol. The smallest absolute Gasteiger partial charge is 0.0695 e. The van der Waals surface area contributed by atoms with Crippen LogP contribution in [0, 0.1) is 0 Å². The largest absolute Gasteiger partial charge is 0.393 e. The van der Waals surface area contributed by atoms with E-state index in [0.717, 1.165) is 25.7 Å². The van der Waals surface area contributed by atoms with E-state index in [0.29, 0.717) is 18.1 Å². The first-order chi connectivity index (χ1) is 7.75. The molecule has 3 heteroatoms. The highest BCUT2D eigenvalue weighted by Crippen LogP contribution is 2.40. The molecule has 3 nitrogen and oxygen atoms in total. The van der Waals surface area contributed by atoms with Crippen LogP contribution in [0.3, 0.4) is 0 Å².